The van der Waals surface area contributed by atoms with Crippen molar-refractivity contribution in [1.29, 1.82) is 0 Å². The van der Waals surface area contributed by atoms with Gasteiger partial charge in [0.05, 0.1) is 49.2 Å². The Morgan fingerprint density at radius 1 is 0.882 bits per heavy atom. The summed E-state index contributed by atoms with van der Waals surface area (Å²) in [6.45, 7) is 8.49. The summed E-state index contributed by atoms with van der Waals surface area (Å²) in [5.74, 6) is -1.99. The van der Waals surface area contributed by atoms with Crippen molar-refractivity contribution in [2.24, 2.45) is 0 Å². The third-order valence-corrected chi connectivity index (χ3v) is 4.94. The Kier molecular flexibility index (Phi) is 10.9. The first kappa shape index (κ1) is 26.7. The highest BCUT2D eigenvalue weighted by molar-refractivity contribution is 5.99. The number of carbonyl (C=O) groups excluding carboxylic acids is 3. The predicted molar refractivity (Wildman–Crippen MR) is 127 cm³/mol. The van der Waals surface area contributed by atoms with Gasteiger partial charge in [0.15, 0.2) is 0 Å². The Hall–Kier alpha value is -3.55. The lowest BCUT2D eigenvalue weighted by Crippen LogP contribution is -2.30. The molecule has 184 valence electrons. The highest BCUT2D eigenvalue weighted by Gasteiger charge is 2.37. The van der Waals surface area contributed by atoms with Gasteiger partial charge in [-0.2, -0.15) is 0 Å². The van der Waals surface area contributed by atoms with Gasteiger partial charge < -0.3 is 23.8 Å². The maximum absolute atomic E-state index is 13.0. The number of para-hydroxylation sites is 1. The highest BCUT2D eigenvalue weighted by atomic mass is 16.5. The summed E-state index contributed by atoms with van der Waals surface area (Å²) in [5, 5.41) is 0. The number of carbonyl (C=O) groups is 3. The lowest BCUT2D eigenvalue weighted by molar-refractivity contribution is -0.140. The zero-order chi connectivity index (χ0) is 24.9. The molecule has 0 spiro atoms. The number of hydrogen-bond acceptors (Lipinski definition) is 8. The minimum absolute atomic E-state index is 0.191. The van der Waals surface area contributed by atoms with Crippen molar-refractivity contribution in [2.45, 2.75) is 46.5 Å². The van der Waals surface area contributed by atoms with Crippen molar-refractivity contribution in [3.63, 3.8) is 0 Å². The van der Waals surface area contributed by atoms with E-state index >= 15 is 0 Å². The molecule has 0 N–H and O–H groups in total. The molecule has 1 heterocycles. The van der Waals surface area contributed by atoms with E-state index in [0.717, 1.165) is 18.9 Å². The summed E-state index contributed by atoms with van der Waals surface area (Å²) in [7, 11) is 0. The maximum atomic E-state index is 13.0. The van der Waals surface area contributed by atoms with Crippen LogP contribution >= 0.6 is 0 Å². The standard InChI is InChI=1S/C26H33NO7/c1-5-9-15-27-17-20(25(29)32-7-3)24(21(18-27)26(30)33-8-4)19-12-10-11-13-22(19)34-16-14-23(28)31-6-2/h10-14,16-18,24H,5-9,15H2,1-4H3/b16-14+. The van der Waals surface area contributed by atoms with Crippen LogP contribution in [-0.2, 0) is 28.6 Å². The maximum Gasteiger partial charge on any atom is 0.336 e. The number of unbranched alkanes of at least 4 members (excludes halogenated alkanes) is 1. The van der Waals surface area contributed by atoms with E-state index in [1.54, 1.807) is 57.4 Å². The molecular weight excluding hydrogens is 438 g/mol. The Balaban J connectivity index is 2.54. The smallest absolute Gasteiger partial charge is 0.336 e. The molecule has 0 fully saturated rings. The molecule has 0 amide bonds. The highest BCUT2D eigenvalue weighted by Crippen LogP contribution is 2.41. The zero-order valence-corrected chi connectivity index (χ0v) is 20.2. The number of esters is 3. The molecule has 0 unspecified atom stereocenters. The van der Waals surface area contributed by atoms with Crippen LogP contribution in [0.2, 0.25) is 0 Å². The molecule has 0 aromatic heterocycles. The van der Waals surface area contributed by atoms with E-state index in [0.29, 0.717) is 29.0 Å². The molecule has 1 aliphatic rings. The predicted octanol–water partition coefficient (Wildman–Crippen LogP) is 4.24. The molecule has 2 rings (SSSR count). The summed E-state index contributed by atoms with van der Waals surface area (Å²) in [6.07, 6.45) is 7.64. The Morgan fingerprint density at radius 3 is 2.03 bits per heavy atom. The van der Waals surface area contributed by atoms with Crippen LogP contribution in [0.3, 0.4) is 0 Å². The van der Waals surface area contributed by atoms with Gasteiger partial charge in [0.1, 0.15) is 5.75 Å². The molecule has 1 aromatic rings. The Morgan fingerprint density at radius 2 is 1.47 bits per heavy atom. The van der Waals surface area contributed by atoms with Crippen LogP contribution in [0.15, 0.2) is 60.1 Å². The summed E-state index contributed by atoms with van der Waals surface area (Å²) in [4.78, 5) is 39.5. The molecule has 0 atom stereocenters. The van der Waals surface area contributed by atoms with Gasteiger partial charge in [0.2, 0.25) is 0 Å². The zero-order valence-electron chi connectivity index (χ0n) is 20.2. The van der Waals surface area contributed by atoms with E-state index in [1.807, 2.05) is 4.90 Å². The molecule has 0 saturated carbocycles. The van der Waals surface area contributed by atoms with Gasteiger partial charge in [-0.05, 0) is 33.3 Å². The van der Waals surface area contributed by atoms with E-state index in [1.165, 1.54) is 6.26 Å². The summed E-state index contributed by atoms with van der Waals surface area (Å²) in [5.41, 5.74) is 1.16. The van der Waals surface area contributed by atoms with Crippen LogP contribution in [0, 0.1) is 0 Å². The van der Waals surface area contributed by atoms with Crippen LogP contribution in [0.25, 0.3) is 0 Å². The van der Waals surface area contributed by atoms with Crippen LogP contribution in [0.1, 0.15) is 52.0 Å². The second-order valence-electron chi connectivity index (χ2n) is 7.34. The van der Waals surface area contributed by atoms with Crippen molar-refractivity contribution in [3.8, 4) is 5.75 Å². The minimum atomic E-state index is -0.775. The minimum Gasteiger partial charge on any atom is -0.464 e. The van der Waals surface area contributed by atoms with Crippen molar-refractivity contribution >= 4 is 17.9 Å². The van der Waals surface area contributed by atoms with E-state index in [2.05, 4.69) is 6.92 Å². The van der Waals surface area contributed by atoms with E-state index in [9.17, 15) is 14.4 Å². The number of hydrogen-bond donors (Lipinski definition) is 0. The van der Waals surface area contributed by atoms with Gasteiger partial charge in [-0.1, -0.05) is 31.5 Å². The molecule has 0 saturated heterocycles. The number of ether oxygens (including phenoxy) is 4. The van der Waals surface area contributed by atoms with Crippen LogP contribution in [-0.4, -0.2) is 49.2 Å². The molecule has 0 radical (unpaired) electrons. The fourth-order valence-electron chi connectivity index (χ4n) is 3.47. The SMILES string of the molecule is CCCCN1C=C(C(=O)OCC)C(c2ccccc2O/C=C/C(=O)OCC)C(C(=O)OCC)=C1. The van der Waals surface area contributed by atoms with Crippen LogP contribution in [0.4, 0.5) is 0 Å². The van der Waals surface area contributed by atoms with Gasteiger partial charge >= 0.3 is 17.9 Å². The summed E-state index contributed by atoms with van der Waals surface area (Å²) >= 11 is 0. The third kappa shape index (κ3) is 7.23. The molecule has 8 heteroatoms. The van der Waals surface area contributed by atoms with Crippen LogP contribution in [0.5, 0.6) is 5.75 Å². The van der Waals surface area contributed by atoms with E-state index in [-0.39, 0.29) is 19.8 Å². The fraction of sp³-hybridized carbons (Fsp3) is 0.423. The third-order valence-electron chi connectivity index (χ3n) is 4.94. The van der Waals surface area contributed by atoms with Crippen molar-refractivity contribution < 1.29 is 33.3 Å². The number of benzene rings is 1. The van der Waals surface area contributed by atoms with E-state index < -0.39 is 23.8 Å². The Labute approximate surface area is 200 Å². The van der Waals surface area contributed by atoms with Crippen molar-refractivity contribution in [1.82, 2.24) is 4.90 Å². The Bertz CT molecular complexity index is 912. The molecule has 8 nitrogen and oxygen atoms in total. The normalized spacial score (nSPS) is 13.8. The second-order valence-corrected chi connectivity index (χ2v) is 7.34. The molecular formula is C26H33NO7. The molecule has 0 bridgehead atoms. The lowest BCUT2D eigenvalue weighted by atomic mass is 9.82. The molecule has 1 aromatic carbocycles. The van der Waals surface area contributed by atoms with Gasteiger partial charge in [-0.3, -0.25) is 0 Å². The van der Waals surface area contributed by atoms with E-state index in [4.69, 9.17) is 18.9 Å². The summed E-state index contributed by atoms with van der Waals surface area (Å²) in [6, 6.07) is 7.00. The topological polar surface area (TPSA) is 91.4 Å². The number of nitrogens with zero attached hydrogens (tertiary/aromatic N) is 1. The van der Waals surface area contributed by atoms with Crippen LogP contribution < -0.4 is 4.74 Å². The molecule has 0 aliphatic carbocycles. The van der Waals surface area contributed by atoms with Gasteiger partial charge in [-0.15, -0.1) is 0 Å². The lowest BCUT2D eigenvalue weighted by Gasteiger charge is -2.31. The van der Waals surface area contributed by atoms with Crippen molar-refractivity contribution in [3.05, 3.63) is 65.7 Å². The van der Waals surface area contributed by atoms with Gasteiger partial charge in [-0.25, -0.2) is 14.4 Å². The molecule has 34 heavy (non-hydrogen) atoms. The first-order valence-corrected chi connectivity index (χ1v) is 11.6. The number of rotatable bonds is 12. The quantitative estimate of drug-likeness (QED) is 0.194. The monoisotopic (exact) mass is 471 g/mol. The fourth-order valence-corrected chi connectivity index (χ4v) is 3.47. The second kappa shape index (κ2) is 13.9. The van der Waals surface area contributed by atoms with Gasteiger partial charge in [0.25, 0.3) is 0 Å². The average molecular weight is 472 g/mol. The largest absolute Gasteiger partial charge is 0.464 e. The first-order chi connectivity index (χ1) is 16.5. The first-order valence-electron chi connectivity index (χ1n) is 11.6. The average Bonchev–Trinajstić information content (AvgIpc) is 2.83. The summed E-state index contributed by atoms with van der Waals surface area (Å²) < 4.78 is 21.2. The molecule has 1 aliphatic heterocycles. The van der Waals surface area contributed by atoms with Gasteiger partial charge in [0, 0.05) is 24.5 Å². The van der Waals surface area contributed by atoms with Crippen molar-refractivity contribution in [2.75, 3.05) is 26.4 Å².